The molecule has 1 N–H and O–H groups in total. The first kappa shape index (κ1) is 16.3. The predicted molar refractivity (Wildman–Crippen MR) is 97.6 cm³/mol. The standard InChI is InChI=1S/C20H25N3O2/c1-20(13-25-14-20)16-7-9-17(10-8-16)21-19-15(12-24)11-23(22-19)18-5-3-2-4-6-18/h7-12,18H,2-6,13-14H2,1H3,(H,21,22). The summed E-state index contributed by atoms with van der Waals surface area (Å²) >= 11 is 0. The summed E-state index contributed by atoms with van der Waals surface area (Å²) in [6, 6.07) is 8.77. The second-order valence-electron chi connectivity index (χ2n) is 7.58. The van der Waals surface area contributed by atoms with Gasteiger partial charge in [-0.05, 0) is 30.5 Å². The first-order valence-corrected chi connectivity index (χ1v) is 9.18. The van der Waals surface area contributed by atoms with Crippen LogP contribution in [0.25, 0.3) is 0 Å². The van der Waals surface area contributed by atoms with Crippen LogP contribution >= 0.6 is 0 Å². The second kappa shape index (κ2) is 6.64. The largest absolute Gasteiger partial charge is 0.379 e. The van der Waals surface area contributed by atoms with Crippen LogP contribution in [-0.2, 0) is 10.2 Å². The van der Waals surface area contributed by atoms with Crippen molar-refractivity contribution in [2.24, 2.45) is 0 Å². The molecule has 1 saturated carbocycles. The van der Waals surface area contributed by atoms with Crippen LogP contribution in [0.2, 0.25) is 0 Å². The summed E-state index contributed by atoms with van der Waals surface area (Å²) in [6.07, 6.45) is 8.85. The van der Waals surface area contributed by atoms with Crippen LogP contribution in [0.1, 0.15) is 61.0 Å². The van der Waals surface area contributed by atoms with E-state index in [1.165, 1.54) is 24.8 Å². The van der Waals surface area contributed by atoms with E-state index in [4.69, 9.17) is 4.74 Å². The number of ether oxygens (including phenoxy) is 1. The van der Waals surface area contributed by atoms with E-state index in [1.54, 1.807) is 0 Å². The third-order valence-electron chi connectivity index (χ3n) is 5.52. The lowest BCUT2D eigenvalue weighted by atomic mass is 9.81. The fraction of sp³-hybridized carbons (Fsp3) is 0.500. The van der Waals surface area contributed by atoms with Crippen LogP contribution in [0.3, 0.4) is 0 Å². The van der Waals surface area contributed by atoms with Crippen molar-refractivity contribution in [3.05, 3.63) is 41.6 Å². The molecule has 2 fully saturated rings. The van der Waals surface area contributed by atoms with Crippen molar-refractivity contribution in [2.75, 3.05) is 18.5 Å². The number of nitrogens with one attached hydrogen (secondary N) is 1. The first-order valence-electron chi connectivity index (χ1n) is 9.18. The van der Waals surface area contributed by atoms with Gasteiger partial charge in [0.2, 0.25) is 0 Å². The Morgan fingerprint density at radius 3 is 2.52 bits per heavy atom. The van der Waals surface area contributed by atoms with Gasteiger partial charge in [-0.25, -0.2) is 0 Å². The molecule has 25 heavy (non-hydrogen) atoms. The molecule has 5 nitrogen and oxygen atoms in total. The van der Waals surface area contributed by atoms with Crippen LogP contribution in [0.15, 0.2) is 30.5 Å². The molecule has 0 bridgehead atoms. The van der Waals surface area contributed by atoms with Crippen LogP contribution in [0.4, 0.5) is 11.5 Å². The van der Waals surface area contributed by atoms with Crippen LogP contribution in [0, 0.1) is 0 Å². The molecule has 2 heterocycles. The van der Waals surface area contributed by atoms with Crippen molar-refractivity contribution in [2.45, 2.75) is 50.5 Å². The minimum atomic E-state index is 0.134. The topological polar surface area (TPSA) is 56.2 Å². The first-order chi connectivity index (χ1) is 12.2. The van der Waals surface area contributed by atoms with Gasteiger partial charge in [0.1, 0.15) is 0 Å². The highest BCUT2D eigenvalue weighted by atomic mass is 16.5. The third-order valence-corrected chi connectivity index (χ3v) is 5.52. The maximum absolute atomic E-state index is 11.4. The zero-order valence-corrected chi connectivity index (χ0v) is 14.7. The fourth-order valence-corrected chi connectivity index (χ4v) is 3.79. The van der Waals surface area contributed by atoms with Gasteiger partial charge in [-0.2, -0.15) is 5.10 Å². The van der Waals surface area contributed by atoms with E-state index >= 15 is 0 Å². The zero-order chi connectivity index (χ0) is 17.3. The minimum absolute atomic E-state index is 0.134. The lowest BCUT2D eigenvalue weighted by Crippen LogP contribution is -2.43. The number of rotatable bonds is 5. The molecular weight excluding hydrogens is 314 g/mol. The lowest BCUT2D eigenvalue weighted by molar-refractivity contribution is -0.0499. The summed E-state index contributed by atoms with van der Waals surface area (Å²) in [6.45, 7) is 3.77. The van der Waals surface area contributed by atoms with E-state index < -0.39 is 0 Å². The Hall–Kier alpha value is -2.14. The van der Waals surface area contributed by atoms with E-state index in [0.29, 0.717) is 17.4 Å². The molecule has 132 valence electrons. The number of carbonyl (C=O) groups excluding carboxylic acids is 1. The van der Waals surface area contributed by atoms with E-state index in [1.807, 2.05) is 23.0 Å². The van der Waals surface area contributed by atoms with Gasteiger partial charge in [-0.1, -0.05) is 38.3 Å². The van der Waals surface area contributed by atoms with Crippen molar-refractivity contribution in [3.8, 4) is 0 Å². The van der Waals surface area contributed by atoms with Gasteiger partial charge in [0.25, 0.3) is 0 Å². The fourth-order valence-electron chi connectivity index (χ4n) is 3.79. The lowest BCUT2D eigenvalue weighted by Gasteiger charge is -2.38. The quantitative estimate of drug-likeness (QED) is 0.828. The van der Waals surface area contributed by atoms with Crippen LogP contribution in [-0.4, -0.2) is 29.3 Å². The molecule has 2 aliphatic rings. The zero-order valence-electron chi connectivity index (χ0n) is 14.7. The summed E-state index contributed by atoms with van der Waals surface area (Å²) in [5.41, 5.74) is 2.99. The Balaban J connectivity index is 1.51. The summed E-state index contributed by atoms with van der Waals surface area (Å²) in [4.78, 5) is 11.4. The van der Waals surface area contributed by atoms with Crippen LogP contribution < -0.4 is 5.32 Å². The van der Waals surface area contributed by atoms with Gasteiger partial charge in [0.15, 0.2) is 12.1 Å². The third kappa shape index (κ3) is 3.21. The SMILES string of the molecule is CC1(c2ccc(Nc3nn(C4CCCCC4)cc3C=O)cc2)COC1. The number of hydrogen-bond acceptors (Lipinski definition) is 4. The van der Waals surface area contributed by atoms with Crippen molar-refractivity contribution < 1.29 is 9.53 Å². The van der Waals surface area contributed by atoms with E-state index in [2.05, 4.69) is 29.5 Å². The van der Waals surface area contributed by atoms with E-state index in [0.717, 1.165) is 38.0 Å². The predicted octanol–water partition coefficient (Wildman–Crippen LogP) is 4.23. The molecule has 1 aromatic heterocycles. The number of anilines is 2. The molecule has 1 aromatic carbocycles. The summed E-state index contributed by atoms with van der Waals surface area (Å²) in [5, 5.41) is 7.96. The Kier molecular flexibility index (Phi) is 4.34. The summed E-state index contributed by atoms with van der Waals surface area (Å²) in [7, 11) is 0. The molecule has 0 spiro atoms. The Morgan fingerprint density at radius 1 is 1.20 bits per heavy atom. The molecule has 0 amide bonds. The van der Waals surface area contributed by atoms with E-state index in [-0.39, 0.29) is 5.41 Å². The Morgan fingerprint density at radius 2 is 1.92 bits per heavy atom. The summed E-state index contributed by atoms with van der Waals surface area (Å²) < 4.78 is 7.32. The number of benzene rings is 1. The molecule has 4 rings (SSSR count). The van der Waals surface area contributed by atoms with Gasteiger partial charge < -0.3 is 10.1 Å². The van der Waals surface area contributed by atoms with Gasteiger partial charge in [0.05, 0.1) is 24.8 Å². The maximum Gasteiger partial charge on any atom is 0.163 e. The van der Waals surface area contributed by atoms with Gasteiger partial charge in [-0.3, -0.25) is 9.48 Å². The van der Waals surface area contributed by atoms with E-state index in [9.17, 15) is 4.79 Å². The smallest absolute Gasteiger partial charge is 0.163 e. The minimum Gasteiger partial charge on any atom is -0.379 e. The molecule has 1 aliphatic carbocycles. The van der Waals surface area contributed by atoms with Crippen LogP contribution in [0.5, 0.6) is 0 Å². The maximum atomic E-state index is 11.4. The number of aromatic nitrogens is 2. The number of nitrogens with zero attached hydrogens (tertiary/aromatic N) is 2. The molecule has 5 heteroatoms. The highest BCUT2D eigenvalue weighted by Crippen LogP contribution is 2.33. The van der Waals surface area contributed by atoms with Crippen molar-refractivity contribution in [1.82, 2.24) is 9.78 Å². The Labute approximate surface area is 148 Å². The van der Waals surface area contributed by atoms with Crippen molar-refractivity contribution >= 4 is 17.8 Å². The average Bonchev–Trinajstić information content (AvgIpc) is 3.04. The van der Waals surface area contributed by atoms with Gasteiger partial charge >= 0.3 is 0 Å². The van der Waals surface area contributed by atoms with Gasteiger partial charge in [0, 0.05) is 17.3 Å². The van der Waals surface area contributed by atoms with Crippen molar-refractivity contribution in [1.29, 1.82) is 0 Å². The molecule has 1 saturated heterocycles. The Bertz CT molecular complexity index is 741. The normalized spacial score (nSPS) is 20.0. The highest BCUT2D eigenvalue weighted by Gasteiger charge is 2.34. The summed E-state index contributed by atoms with van der Waals surface area (Å²) in [5.74, 6) is 0.645. The number of carbonyl (C=O) groups is 1. The number of hydrogen-bond donors (Lipinski definition) is 1. The number of aldehydes is 1. The molecule has 0 unspecified atom stereocenters. The van der Waals surface area contributed by atoms with Crippen molar-refractivity contribution in [3.63, 3.8) is 0 Å². The monoisotopic (exact) mass is 339 g/mol. The highest BCUT2D eigenvalue weighted by molar-refractivity contribution is 5.83. The average molecular weight is 339 g/mol. The molecule has 0 radical (unpaired) electrons. The second-order valence-corrected chi connectivity index (χ2v) is 7.58. The molecule has 1 aliphatic heterocycles. The molecular formula is C20H25N3O2. The molecule has 2 aromatic rings. The van der Waals surface area contributed by atoms with Gasteiger partial charge in [-0.15, -0.1) is 0 Å². The molecule has 0 atom stereocenters.